The fraction of sp³-hybridized carbons (Fsp3) is 0.176. The molecular weight excluding hydrogens is 354 g/mol. The molecule has 0 aliphatic rings. The molecule has 8 nitrogen and oxygen atoms in total. The number of nitrogens with zero attached hydrogens (tertiary/aromatic N) is 4. The van der Waals surface area contributed by atoms with Crippen LogP contribution < -0.4 is 10.6 Å². The highest BCUT2D eigenvalue weighted by Gasteiger charge is 2.13. The standard InChI is InChI=1S/C17H17N5O3S/c1-2-25-15-5-3-4-13(10-15)16-19-20-17(21(16)18)26-11-12-6-8-14(9-7-12)22(23)24/h3-10H,2,11,18H2,1H3. The van der Waals surface area contributed by atoms with Gasteiger partial charge in [-0.1, -0.05) is 36.0 Å². The summed E-state index contributed by atoms with van der Waals surface area (Å²) < 4.78 is 6.93. The van der Waals surface area contributed by atoms with E-state index in [1.807, 2.05) is 31.2 Å². The van der Waals surface area contributed by atoms with Gasteiger partial charge in [0.2, 0.25) is 5.16 Å². The normalized spacial score (nSPS) is 10.7. The third-order valence-corrected chi connectivity index (χ3v) is 4.60. The van der Waals surface area contributed by atoms with Crippen LogP contribution in [0, 0.1) is 10.1 Å². The van der Waals surface area contributed by atoms with Crippen molar-refractivity contribution < 1.29 is 9.66 Å². The highest BCUT2D eigenvalue weighted by molar-refractivity contribution is 7.98. The van der Waals surface area contributed by atoms with Crippen molar-refractivity contribution in [3.05, 3.63) is 64.2 Å². The third-order valence-electron chi connectivity index (χ3n) is 3.58. The molecule has 2 aromatic carbocycles. The molecule has 134 valence electrons. The summed E-state index contributed by atoms with van der Waals surface area (Å²) in [4.78, 5) is 10.3. The molecule has 3 aromatic rings. The Morgan fingerprint density at radius 3 is 2.69 bits per heavy atom. The van der Waals surface area contributed by atoms with E-state index >= 15 is 0 Å². The highest BCUT2D eigenvalue weighted by Crippen LogP contribution is 2.26. The Labute approximate surface area is 154 Å². The van der Waals surface area contributed by atoms with Crippen LogP contribution in [0.4, 0.5) is 5.69 Å². The molecule has 0 bridgehead atoms. The molecule has 0 unspecified atom stereocenters. The Morgan fingerprint density at radius 2 is 2.00 bits per heavy atom. The zero-order valence-electron chi connectivity index (χ0n) is 14.0. The first-order chi connectivity index (χ1) is 12.6. The number of nitrogen functional groups attached to an aromatic ring is 1. The van der Waals surface area contributed by atoms with Crippen molar-refractivity contribution >= 4 is 17.4 Å². The first-order valence-corrected chi connectivity index (χ1v) is 8.87. The molecule has 0 aliphatic carbocycles. The molecule has 9 heteroatoms. The van der Waals surface area contributed by atoms with E-state index in [0.717, 1.165) is 16.9 Å². The molecule has 0 spiro atoms. The molecule has 0 fully saturated rings. The zero-order valence-corrected chi connectivity index (χ0v) is 14.8. The molecule has 0 saturated heterocycles. The second-order valence-electron chi connectivity index (χ2n) is 5.35. The summed E-state index contributed by atoms with van der Waals surface area (Å²) in [5.74, 6) is 7.99. The number of hydrogen-bond acceptors (Lipinski definition) is 7. The largest absolute Gasteiger partial charge is 0.494 e. The van der Waals surface area contributed by atoms with Gasteiger partial charge in [-0.25, -0.2) is 4.68 Å². The van der Waals surface area contributed by atoms with E-state index in [2.05, 4.69) is 10.2 Å². The second-order valence-corrected chi connectivity index (χ2v) is 6.29. The van der Waals surface area contributed by atoms with Crippen molar-refractivity contribution in [1.29, 1.82) is 0 Å². The van der Waals surface area contributed by atoms with Crippen LogP contribution in [0.5, 0.6) is 5.75 Å². The lowest BCUT2D eigenvalue weighted by molar-refractivity contribution is -0.384. The molecule has 26 heavy (non-hydrogen) atoms. The molecule has 0 atom stereocenters. The number of hydrogen-bond donors (Lipinski definition) is 1. The smallest absolute Gasteiger partial charge is 0.269 e. The maximum atomic E-state index is 10.7. The molecule has 0 radical (unpaired) electrons. The van der Waals surface area contributed by atoms with Gasteiger partial charge in [-0.05, 0) is 24.6 Å². The number of nitro groups is 1. The van der Waals surface area contributed by atoms with Gasteiger partial charge in [-0.15, -0.1) is 10.2 Å². The number of nitrogens with two attached hydrogens (primary N) is 1. The summed E-state index contributed by atoms with van der Waals surface area (Å²) in [5, 5.41) is 19.5. The lowest BCUT2D eigenvalue weighted by Crippen LogP contribution is -2.11. The van der Waals surface area contributed by atoms with Gasteiger partial charge >= 0.3 is 0 Å². The minimum absolute atomic E-state index is 0.0669. The van der Waals surface area contributed by atoms with Crippen molar-refractivity contribution in [1.82, 2.24) is 14.9 Å². The van der Waals surface area contributed by atoms with Crippen molar-refractivity contribution in [2.24, 2.45) is 0 Å². The molecular formula is C17H17N5O3S. The van der Waals surface area contributed by atoms with Gasteiger partial charge in [0, 0.05) is 23.4 Å². The highest BCUT2D eigenvalue weighted by atomic mass is 32.2. The van der Waals surface area contributed by atoms with E-state index in [0.29, 0.717) is 23.3 Å². The Balaban J connectivity index is 1.72. The second kappa shape index (κ2) is 7.87. The summed E-state index contributed by atoms with van der Waals surface area (Å²) in [5.41, 5.74) is 1.81. The Kier molecular flexibility index (Phi) is 5.37. The van der Waals surface area contributed by atoms with Gasteiger partial charge in [0.1, 0.15) is 5.75 Å². The fourth-order valence-corrected chi connectivity index (χ4v) is 3.14. The predicted molar refractivity (Wildman–Crippen MR) is 99.4 cm³/mol. The molecule has 1 aromatic heterocycles. The number of benzene rings is 2. The summed E-state index contributed by atoms with van der Waals surface area (Å²) >= 11 is 1.41. The van der Waals surface area contributed by atoms with Gasteiger partial charge in [-0.2, -0.15) is 0 Å². The first kappa shape index (κ1) is 17.7. The van der Waals surface area contributed by atoms with E-state index in [1.54, 1.807) is 12.1 Å². The average Bonchev–Trinajstić information content (AvgIpc) is 3.01. The van der Waals surface area contributed by atoms with Gasteiger partial charge < -0.3 is 10.6 Å². The van der Waals surface area contributed by atoms with E-state index in [1.165, 1.54) is 28.6 Å². The molecule has 0 saturated carbocycles. The summed E-state index contributed by atoms with van der Waals surface area (Å²) in [6, 6.07) is 13.9. The lowest BCUT2D eigenvalue weighted by Gasteiger charge is -2.06. The van der Waals surface area contributed by atoms with Gasteiger partial charge in [0.25, 0.3) is 5.69 Å². The molecule has 1 heterocycles. The molecule has 0 aliphatic heterocycles. The van der Waals surface area contributed by atoms with Crippen molar-refractivity contribution in [2.75, 3.05) is 12.4 Å². The van der Waals surface area contributed by atoms with Crippen LogP contribution in [0.3, 0.4) is 0 Å². The number of non-ortho nitro benzene ring substituents is 1. The van der Waals surface area contributed by atoms with Gasteiger partial charge in [0.15, 0.2) is 5.82 Å². The zero-order chi connectivity index (χ0) is 18.5. The van der Waals surface area contributed by atoms with Crippen LogP contribution in [0.1, 0.15) is 12.5 Å². The third kappa shape index (κ3) is 3.94. The van der Waals surface area contributed by atoms with Gasteiger partial charge in [0.05, 0.1) is 11.5 Å². The van der Waals surface area contributed by atoms with Crippen LogP contribution in [0.15, 0.2) is 53.7 Å². The molecule has 2 N–H and O–H groups in total. The number of aromatic nitrogens is 3. The Hall–Kier alpha value is -3.07. The molecule has 0 amide bonds. The van der Waals surface area contributed by atoms with Crippen LogP contribution in [0.2, 0.25) is 0 Å². The van der Waals surface area contributed by atoms with Crippen LogP contribution in [-0.4, -0.2) is 26.4 Å². The van der Waals surface area contributed by atoms with E-state index in [9.17, 15) is 10.1 Å². The quantitative estimate of drug-likeness (QED) is 0.294. The van der Waals surface area contributed by atoms with E-state index in [4.69, 9.17) is 10.6 Å². The van der Waals surface area contributed by atoms with Gasteiger partial charge in [-0.3, -0.25) is 10.1 Å². The van der Waals surface area contributed by atoms with Crippen molar-refractivity contribution in [2.45, 2.75) is 17.8 Å². The number of nitro benzene ring substituents is 1. The van der Waals surface area contributed by atoms with E-state index in [-0.39, 0.29) is 5.69 Å². The van der Waals surface area contributed by atoms with Crippen LogP contribution >= 0.6 is 11.8 Å². The summed E-state index contributed by atoms with van der Waals surface area (Å²) in [6.07, 6.45) is 0. The fourth-order valence-electron chi connectivity index (χ4n) is 2.33. The minimum atomic E-state index is -0.421. The summed E-state index contributed by atoms with van der Waals surface area (Å²) in [7, 11) is 0. The minimum Gasteiger partial charge on any atom is -0.494 e. The maximum absolute atomic E-state index is 10.7. The van der Waals surface area contributed by atoms with Crippen molar-refractivity contribution in [3.63, 3.8) is 0 Å². The predicted octanol–water partition coefficient (Wildman–Crippen LogP) is 3.26. The van der Waals surface area contributed by atoms with Crippen LogP contribution in [-0.2, 0) is 5.75 Å². The maximum Gasteiger partial charge on any atom is 0.269 e. The Morgan fingerprint density at radius 1 is 1.23 bits per heavy atom. The number of rotatable bonds is 7. The monoisotopic (exact) mass is 371 g/mol. The summed E-state index contributed by atoms with van der Waals surface area (Å²) in [6.45, 7) is 2.50. The number of thioether (sulfide) groups is 1. The first-order valence-electron chi connectivity index (χ1n) is 7.88. The van der Waals surface area contributed by atoms with E-state index < -0.39 is 4.92 Å². The number of ether oxygens (including phenoxy) is 1. The Bertz CT molecular complexity index is 911. The molecule has 3 rings (SSSR count). The van der Waals surface area contributed by atoms with Crippen molar-refractivity contribution in [3.8, 4) is 17.1 Å². The SMILES string of the molecule is CCOc1cccc(-c2nnc(SCc3ccc([N+](=O)[O-])cc3)n2N)c1. The lowest BCUT2D eigenvalue weighted by atomic mass is 10.2. The topological polar surface area (TPSA) is 109 Å². The van der Waals surface area contributed by atoms with Crippen LogP contribution in [0.25, 0.3) is 11.4 Å². The average molecular weight is 371 g/mol.